The Balaban J connectivity index is 2.47. The molecule has 8 nitrogen and oxygen atoms in total. The quantitative estimate of drug-likeness (QED) is 0.520. The molecule has 1 saturated carbocycles. The normalized spacial score (nSPS) is 19.3. The van der Waals surface area contributed by atoms with Crippen LogP contribution in [-0.2, 0) is 24.7 Å². The molecule has 0 spiro atoms. The average Bonchev–Trinajstić information content (AvgIpc) is 3.12. The maximum atomic E-state index is 12.3. The van der Waals surface area contributed by atoms with Crippen LogP contribution in [0.3, 0.4) is 0 Å². The summed E-state index contributed by atoms with van der Waals surface area (Å²) in [5, 5.41) is 37.8. The maximum Gasteiger partial charge on any atom is 0.353 e. The number of carboxylic acid groups (broad SMARTS) is 2. The van der Waals surface area contributed by atoms with Gasteiger partial charge in [0.2, 0.25) is 5.60 Å². The minimum absolute atomic E-state index is 0.238. The summed E-state index contributed by atoms with van der Waals surface area (Å²) >= 11 is 0. The van der Waals surface area contributed by atoms with Gasteiger partial charge in [-0.3, -0.25) is 0 Å². The van der Waals surface area contributed by atoms with Gasteiger partial charge < -0.3 is 25.2 Å². The molecule has 0 aromatic heterocycles. The number of ether oxygens (including phenoxy) is 1. The highest BCUT2D eigenvalue weighted by molar-refractivity contribution is 5.88. The summed E-state index contributed by atoms with van der Waals surface area (Å²) in [7, 11) is 0. The largest absolute Gasteiger partial charge is 0.479 e. The third kappa shape index (κ3) is 3.71. The lowest BCUT2D eigenvalue weighted by Gasteiger charge is -2.36. The number of carbonyl (C=O) groups is 3. The molecule has 8 heteroatoms. The van der Waals surface area contributed by atoms with Crippen molar-refractivity contribution in [3.63, 3.8) is 0 Å². The molecule has 3 atom stereocenters. The number of carboxylic acids is 2. The lowest BCUT2D eigenvalue weighted by molar-refractivity contribution is -0.199. The van der Waals surface area contributed by atoms with Gasteiger partial charge in [0, 0.05) is 11.5 Å². The van der Waals surface area contributed by atoms with Gasteiger partial charge in [0.05, 0.1) is 0 Å². The van der Waals surface area contributed by atoms with Gasteiger partial charge in [-0.2, -0.15) is 0 Å². The number of aryl methyl sites for hydroxylation is 1. The fourth-order valence-electron chi connectivity index (χ4n) is 3.41. The standard InChI is InChI=1S/C18H22O8/c1-10-5-4-8-12(9-10)18(17(24)25,11-6-2-3-7-11)26-16(23)14(20)13(19)15(21)22/h4-5,8-9,11,13-14,19-20H,2-3,6-7H2,1H3,(H,21,22)(H,24,25). The number of aliphatic hydroxyl groups excluding tert-OH is 2. The molecule has 4 N–H and O–H groups in total. The highest BCUT2D eigenvalue weighted by atomic mass is 16.6. The number of aliphatic carboxylic acids is 2. The van der Waals surface area contributed by atoms with Crippen LogP contribution in [0.1, 0.15) is 36.8 Å². The summed E-state index contributed by atoms with van der Waals surface area (Å²) in [5.74, 6) is -5.23. The van der Waals surface area contributed by atoms with Crippen molar-refractivity contribution in [1.29, 1.82) is 0 Å². The molecule has 0 bridgehead atoms. The Kier molecular flexibility index (Phi) is 5.99. The molecule has 1 fully saturated rings. The van der Waals surface area contributed by atoms with Crippen LogP contribution in [0.2, 0.25) is 0 Å². The molecule has 26 heavy (non-hydrogen) atoms. The highest BCUT2D eigenvalue weighted by Crippen LogP contribution is 2.44. The van der Waals surface area contributed by atoms with E-state index in [1.807, 2.05) is 0 Å². The highest BCUT2D eigenvalue weighted by Gasteiger charge is 2.53. The molecule has 1 aromatic carbocycles. The first-order valence-electron chi connectivity index (χ1n) is 8.32. The van der Waals surface area contributed by atoms with E-state index in [9.17, 15) is 29.7 Å². The fourth-order valence-corrected chi connectivity index (χ4v) is 3.41. The summed E-state index contributed by atoms with van der Waals surface area (Å²) in [5.41, 5.74) is -1.06. The molecule has 1 aliphatic carbocycles. The van der Waals surface area contributed by atoms with E-state index in [-0.39, 0.29) is 5.56 Å². The zero-order valence-corrected chi connectivity index (χ0v) is 14.3. The van der Waals surface area contributed by atoms with Crippen LogP contribution in [0.15, 0.2) is 24.3 Å². The Hall–Kier alpha value is -2.45. The minimum atomic E-state index is -2.41. The Morgan fingerprint density at radius 2 is 1.73 bits per heavy atom. The molecule has 142 valence electrons. The van der Waals surface area contributed by atoms with Crippen molar-refractivity contribution < 1.29 is 39.5 Å². The predicted molar refractivity (Wildman–Crippen MR) is 88.2 cm³/mol. The number of benzene rings is 1. The van der Waals surface area contributed by atoms with Crippen molar-refractivity contribution in [3.05, 3.63) is 35.4 Å². The zero-order valence-electron chi connectivity index (χ0n) is 14.3. The van der Waals surface area contributed by atoms with Gasteiger partial charge in [-0.05, 0) is 19.8 Å². The summed E-state index contributed by atoms with van der Waals surface area (Å²) < 4.78 is 5.25. The molecule has 1 aromatic rings. The van der Waals surface area contributed by atoms with E-state index >= 15 is 0 Å². The van der Waals surface area contributed by atoms with Gasteiger partial charge in [-0.1, -0.05) is 42.7 Å². The van der Waals surface area contributed by atoms with Gasteiger partial charge in [-0.25, -0.2) is 14.4 Å². The van der Waals surface area contributed by atoms with Gasteiger partial charge in [0.25, 0.3) is 0 Å². The van der Waals surface area contributed by atoms with Crippen LogP contribution in [0, 0.1) is 12.8 Å². The minimum Gasteiger partial charge on any atom is -0.479 e. The molecular weight excluding hydrogens is 344 g/mol. The van der Waals surface area contributed by atoms with E-state index in [2.05, 4.69) is 0 Å². The molecule has 2 rings (SSSR count). The first kappa shape index (κ1) is 19.9. The van der Waals surface area contributed by atoms with E-state index in [0.717, 1.165) is 18.4 Å². The Morgan fingerprint density at radius 3 is 2.23 bits per heavy atom. The van der Waals surface area contributed by atoms with Crippen LogP contribution < -0.4 is 0 Å². The second-order valence-corrected chi connectivity index (χ2v) is 6.54. The molecule has 0 radical (unpaired) electrons. The average molecular weight is 366 g/mol. The van der Waals surface area contributed by atoms with Crippen LogP contribution in [0.25, 0.3) is 0 Å². The first-order chi connectivity index (χ1) is 12.2. The van der Waals surface area contributed by atoms with Crippen LogP contribution >= 0.6 is 0 Å². The Labute approximate surface area is 150 Å². The van der Waals surface area contributed by atoms with Gasteiger partial charge in [-0.15, -0.1) is 0 Å². The predicted octanol–water partition coefficient (Wildman–Crippen LogP) is 0.815. The van der Waals surface area contributed by atoms with Crippen molar-refractivity contribution >= 4 is 17.9 Å². The van der Waals surface area contributed by atoms with Crippen LogP contribution in [0.5, 0.6) is 0 Å². The lowest BCUT2D eigenvalue weighted by atomic mass is 9.79. The van der Waals surface area contributed by atoms with E-state index < -0.39 is 41.6 Å². The summed E-state index contributed by atoms with van der Waals surface area (Å²) in [6.07, 6.45) is -2.25. The van der Waals surface area contributed by atoms with Crippen LogP contribution in [0.4, 0.5) is 0 Å². The van der Waals surface area contributed by atoms with Gasteiger partial charge in [0.1, 0.15) is 0 Å². The van der Waals surface area contributed by atoms with E-state index in [4.69, 9.17) is 9.84 Å². The smallest absolute Gasteiger partial charge is 0.353 e. The number of rotatable bonds is 7. The molecule has 0 saturated heterocycles. The van der Waals surface area contributed by atoms with E-state index in [0.29, 0.717) is 12.8 Å². The first-order valence-corrected chi connectivity index (χ1v) is 8.32. The van der Waals surface area contributed by atoms with E-state index in [1.165, 1.54) is 6.07 Å². The number of hydrogen-bond donors (Lipinski definition) is 4. The number of aliphatic hydroxyl groups is 2. The molecule has 0 aliphatic heterocycles. The molecule has 3 unspecified atom stereocenters. The third-order valence-corrected chi connectivity index (χ3v) is 4.75. The number of hydrogen-bond acceptors (Lipinski definition) is 6. The Morgan fingerprint density at radius 1 is 1.12 bits per heavy atom. The van der Waals surface area contributed by atoms with Crippen LogP contribution in [-0.4, -0.2) is 50.5 Å². The van der Waals surface area contributed by atoms with Crippen molar-refractivity contribution in [2.24, 2.45) is 5.92 Å². The van der Waals surface area contributed by atoms with E-state index in [1.54, 1.807) is 25.1 Å². The summed E-state index contributed by atoms with van der Waals surface area (Å²) in [4.78, 5) is 35.3. The summed E-state index contributed by atoms with van der Waals surface area (Å²) in [6.45, 7) is 1.76. The molecule has 0 heterocycles. The lowest BCUT2D eigenvalue weighted by Crippen LogP contribution is -2.50. The topological polar surface area (TPSA) is 141 Å². The Bertz CT molecular complexity index is 694. The SMILES string of the molecule is Cc1cccc(C(OC(=O)C(O)C(O)C(=O)O)(C(=O)O)C2CCCC2)c1. The van der Waals surface area contributed by atoms with Gasteiger partial charge >= 0.3 is 17.9 Å². The molecule has 1 aliphatic rings. The van der Waals surface area contributed by atoms with Crippen molar-refractivity contribution in [3.8, 4) is 0 Å². The number of carbonyl (C=O) groups excluding carboxylic acids is 1. The fraction of sp³-hybridized carbons (Fsp3) is 0.500. The summed E-state index contributed by atoms with van der Waals surface area (Å²) in [6, 6.07) is 6.50. The van der Waals surface area contributed by atoms with Crippen molar-refractivity contribution in [1.82, 2.24) is 0 Å². The zero-order chi connectivity index (χ0) is 19.5. The van der Waals surface area contributed by atoms with Gasteiger partial charge in [0.15, 0.2) is 12.2 Å². The third-order valence-electron chi connectivity index (χ3n) is 4.75. The second-order valence-electron chi connectivity index (χ2n) is 6.54. The molecule has 0 amide bonds. The number of esters is 1. The van der Waals surface area contributed by atoms with Crippen molar-refractivity contribution in [2.75, 3.05) is 0 Å². The van der Waals surface area contributed by atoms with Crippen molar-refractivity contribution in [2.45, 2.75) is 50.4 Å². The second kappa shape index (κ2) is 7.84. The monoisotopic (exact) mass is 366 g/mol. The maximum absolute atomic E-state index is 12.3. The molecular formula is C18H22O8.